The quantitative estimate of drug-likeness (QED) is 0.0307. The maximum atomic E-state index is 13.7. The molecule has 19 N–H and O–H groups in total. The van der Waals surface area contributed by atoms with Crippen LogP contribution in [-0.2, 0) is 24.0 Å². The Hall–Kier alpha value is -4.92. The van der Waals surface area contributed by atoms with Crippen molar-refractivity contribution >= 4 is 47.5 Å². The van der Waals surface area contributed by atoms with Crippen molar-refractivity contribution in [1.82, 2.24) is 20.9 Å². The number of nitrogens with zero attached hydrogens (tertiary/aromatic N) is 4. The number of carboxylic acid groups (broad SMARTS) is 1. The minimum atomic E-state index is -1.30. The number of aliphatic imine (C=N–C) groups is 3. The minimum Gasteiger partial charge on any atom is -0.480 e. The van der Waals surface area contributed by atoms with E-state index in [4.69, 9.17) is 40.1 Å². The fraction of sp³-hybridized carbons (Fsp3) is 0.692. The molecule has 0 aromatic heterocycles. The molecule has 47 heavy (non-hydrogen) atoms. The highest BCUT2D eigenvalue weighted by atomic mass is 16.4. The number of nitrogens with one attached hydrogen (secondary N) is 3. The van der Waals surface area contributed by atoms with Gasteiger partial charge in [0.15, 0.2) is 17.9 Å². The van der Waals surface area contributed by atoms with Gasteiger partial charge in [0.05, 0.1) is 6.61 Å². The van der Waals surface area contributed by atoms with E-state index in [1.54, 1.807) is 0 Å². The first kappa shape index (κ1) is 40.1. The molecule has 1 heterocycles. The van der Waals surface area contributed by atoms with E-state index in [0.717, 1.165) is 0 Å². The SMILES string of the molecule is NC(N)=NCCC[C@H](NC(=O)[C@H](CCCN=C(N)N)NC(=O)[C@@H]1CCCN1C(=O)[C@H](CCCN=C(N)N)NC(=O)[C@@H](N)CO)C(=O)O. The summed E-state index contributed by atoms with van der Waals surface area (Å²) in [5, 5.41) is 26.5. The van der Waals surface area contributed by atoms with Crippen molar-refractivity contribution in [1.29, 1.82) is 0 Å². The van der Waals surface area contributed by atoms with Gasteiger partial charge in [0.1, 0.15) is 30.2 Å². The van der Waals surface area contributed by atoms with Gasteiger partial charge in [-0.25, -0.2) is 4.79 Å². The number of guanidine groups is 3. The zero-order valence-corrected chi connectivity index (χ0v) is 26.3. The van der Waals surface area contributed by atoms with Gasteiger partial charge < -0.3 is 71.2 Å². The molecule has 0 bridgehead atoms. The first-order chi connectivity index (χ1) is 22.2. The molecule has 5 atom stereocenters. The Morgan fingerprint density at radius 1 is 0.723 bits per heavy atom. The first-order valence-electron chi connectivity index (χ1n) is 15.1. The van der Waals surface area contributed by atoms with Gasteiger partial charge in [0.25, 0.3) is 0 Å². The van der Waals surface area contributed by atoms with Gasteiger partial charge >= 0.3 is 5.97 Å². The lowest BCUT2D eigenvalue weighted by Gasteiger charge is -2.30. The van der Waals surface area contributed by atoms with E-state index in [1.807, 2.05) is 0 Å². The van der Waals surface area contributed by atoms with E-state index in [9.17, 15) is 34.2 Å². The maximum Gasteiger partial charge on any atom is 0.326 e. The van der Waals surface area contributed by atoms with Crippen LogP contribution in [0.15, 0.2) is 15.0 Å². The van der Waals surface area contributed by atoms with E-state index in [2.05, 4.69) is 30.9 Å². The number of likely N-dealkylation sites (tertiary alicyclic amines) is 1. The Bertz CT molecular complexity index is 1150. The Labute approximate surface area is 272 Å². The Balaban J connectivity index is 3.13. The second-order valence-corrected chi connectivity index (χ2v) is 10.8. The third-order valence-corrected chi connectivity index (χ3v) is 7.07. The summed E-state index contributed by atoms with van der Waals surface area (Å²) in [6, 6.07) is -5.90. The molecule has 1 saturated heterocycles. The number of aliphatic hydroxyl groups excluding tert-OH is 1. The van der Waals surface area contributed by atoms with Crippen LogP contribution in [0.1, 0.15) is 51.4 Å². The molecule has 0 aliphatic carbocycles. The van der Waals surface area contributed by atoms with Gasteiger partial charge in [-0.05, 0) is 51.4 Å². The Morgan fingerprint density at radius 3 is 1.66 bits per heavy atom. The van der Waals surface area contributed by atoms with Crippen molar-refractivity contribution in [2.45, 2.75) is 81.6 Å². The van der Waals surface area contributed by atoms with Crippen LogP contribution in [0.2, 0.25) is 0 Å². The molecule has 0 unspecified atom stereocenters. The molecule has 21 nitrogen and oxygen atoms in total. The molecule has 0 spiro atoms. The van der Waals surface area contributed by atoms with Crippen molar-refractivity contribution in [2.24, 2.45) is 55.1 Å². The fourth-order valence-electron chi connectivity index (χ4n) is 4.70. The lowest BCUT2D eigenvalue weighted by atomic mass is 10.1. The van der Waals surface area contributed by atoms with Gasteiger partial charge in [-0.3, -0.25) is 34.2 Å². The monoisotopic (exact) mass is 670 g/mol. The van der Waals surface area contributed by atoms with Crippen LogP contribution in [-0.4, -0.2) is 126 Å². The average molecular weight is 671 g/mol. The molecule has 0 radical (unpaired) electrons. The van der Waals surface area contributed by atoms with Crippen LogP contribution >= 0.6 is 0 Å². The van der Waals surface area contributed by atoms with Crippen molar-refractivity contribution in [2.75, 3.05) is 32.8 Å². The molecule has 1 fully saturated rings. The maximum absolute atomic E-state index is 13.7. The molecule has 0 aromatic rings. The highest BCUT2D eigenvalue weighted by Gasteiger charge is 2.39. The van der Waals surface area contributed by atoms with E-state index in [0.29, 0.717) is 12.8 Å². The number of amides is 4. The van der Waals surface area contributed by atoms with Gasteiger partial charge in [-0.1, -0.05) is 0 Å². The standard InChI is InChI=1S/C26H50N14O7/c27-14(13-41)19(42)38-16(6-2-10-35-25(30)31)22(45)40-12-4-8-18(40)21(44)37-15(5-1-9-34-24(28)29)20(43)39-17(23(46)47)7-3-11-36-26(32)33/h14-18,41H,1-13,27H2,(H,37,44)(H,38,42)(H,39,43)(H,46,47)(H4,28,29,34)(H4,30,31,35)(H4,32,33,36)/t14-,15-,16-,17-,18-/m0/s1. The largest absolute Gasteiger partial charge is 0.480 e. The number of hydrogen-bond acceptors (Lipinski definition) is 10. The molecule has 1 aliphatic rings. The van der Waals surface area contributed by atoms with E-state index >= 15 is 0 Å². The van der Waals surface area contributed by atoms with E-state index in [-0.39, 0.29) is 82.6 Å². The van der Waals surface area contributed by atoms with Crippen LogP contribution in [0.5, 0.6) is 0 Å². The summed E-state index contributed by atoms with van der Waals surface area (Å²) < 4.78 is 0. The van der Waals surface area contributed by atoms with Crippen molar-refractivity contribution in [3.8, 4) is 0 Å². The van der Waals surface area contributed by atoms with Crippen molar-refractivity contribution in [3.05, 3.63) is 0 Å². The molecule has 266 valence electrons. The number of aliphatic hydroxyl groups is 1. The number of rotatable bonds is 21. The zero-order valence-electron chi connectivity index (χ0n) is 26.3. The number of carboxylic acids is 1. The number of carbonyl (C=O) groups is 5. The summed E-state index contributed by atoms with van der Waals surface area (Å²) in [4.78, 5) is 77.6. The molecular formula is C26H50N14O7. The fourth-order valence-corrected chi connectivity index (χ4v) is 4.70. The van der Waals surface area contributed by atoms with Crippen LogP contribution in [0.3, 0.4) is 0 Å². The summed E-state index contributed by atoms with van der Waals surface area (Å²) in [6.45, 7) is -0.0230. The van der Waals surface area contributed by atoms with Gasteiger partial charge in [0.2, 0.25) is 23.6 Å². The zero-order chi connectivity index (χ0) is 35.5. The molecule has 1 rings (SSSR count). The van der Waals surface area contributed by atoms with Crippen LogP contribution in [0, 0.1) is 0 Å². The Morgan fingerprint density at radius 2 is 1.19 bits per heavy atom. The highest BCUT2D eigenvalue weighted by Crippen LogP contribution is 2.20. The molecule has 1 aliphatic heterocycles. The minimum absolute atomic E-state index is 0.00760. The predicted molar refractivity (Wildman–Crippen MR) is 173 cm³/mol. The van der Waals surface area contributed by atoms with Crippen LogP contribution < -0.4 is 56.1 Å². The summed E-state index contributed by atoms with van der Waals surface area (Å²) in [5.41, 5.74) is 37.7. The van der Waals surface area contributed by atoms with Gasteiger partial charge in [-0.15, -0.1) is 0 Å². The molecule has 0 aromatic carbocycles. The Kier molecular flexibility index (Phi) is 17.9. The molecular weight excluding hydrogens is 620 g/mol. The van der Waals surface area contributed by atoms with Crippen molar-refractivity contribution < 1.29 is 34.2 Å². The average Bonchev–Trinajstić information content (AvgIpc) is 3.50. The van der Waals surface area contributed by atoms with Crippen LogP contribution in [0.25, 0.3) is 0 Å². The van der Waals surface area contributed by atoms with Gasteiger partial charge in [-0.2, -0.15) is 0 Å². The summed E-state index contributed by atoms with van der Waals surface area (Å²) in [5.74, 6) is -4.53. The third-order valence-electron chi connectivity index (χ3n) is 7.07. The number of hydrogen-bond donors (Lipinski definition) is 12. The highest BCUT2D eigenvalue weighted by molar-refractivity contribution is 5.95. The number of aliphatic carboxylic acids is 1. The summed E-state index contributed by atoms with van der Waals surface area (Å²) >= 11 is 0. The lowest BCUT2D eigenvalue weighted by molar-refractivity contribution is -0.143. The lowest BCUT2D eigenvalue weighted by Crippen LogP contribution is -2.58. The van der Waals surface area contributed by atoms with Crippen molar-refractivity contribution in [3.63, 3.8) is 0 Å². The van der Waals surface area contributed by atoms with Gasteiger partial charge in [0, 0.05) is 26.2 Å². The topological polar surface area (TPSA) is 384 Å². The van der Waals surface area contributed by atoms with Crippen LogP contribution in [0.4, 0.5) is 0 Å². The predicted octanol–water partition coefficient (Wildman–Crippen LogP) is -6.00. The second-order valence-electron chi connectivity index (χ2n) is 10.8. The summed E-state index contributed by atoms with van der Waals surface area (Å²) in [7, 11) is 0. The smallest absolute Gasteiger partial charge is 0.326 e. The molecule has 4 amide bonds. The molecule has 21 heteroatoms. The number of carbonyl (C=O) groups excluding carboxylic acids is 4. The number of nitrogens with two attached hydrogens (primary N) is 7. The van der Waals surface area contributed by atoms with E-state index < -0.39 is 66.4 Å². The summed E-state index contributed by atoms with van der Waals surface area (Å²) in [6.07, 6.45) is 1.65. The second kappa shape index (κ2) is 21.0. The van der Waals surface area contributed by atoms with E-state index in [1.165, 1.54) is 4.90 Å². The first-order valence-corrected chi connectivity index (χ1v) is 15.1. The normalized spacial score (nSPS) is 16.5. The molecule has 0 saturated carbocycles. The third kappa shape index (κ3) is 15.3.